The van der Waals surface area contributed by atoms with E-state index in [2.05, 4.69) is 28.4 Å². The number of rotatable bonds is 5. The van der Waals surface area contributed by atoms with Crippen molar-refractivity contribution in [2.24, 2.45) is 4.99 Å². The molecule has 2 rings (SSSR count). The Labute approximate surface area is 151 Å². The Hall–Kier alpha value is -0.520. The van der Waals surface area contributed by atoms with Crippen LogP contribution in [0.1, 0.15) is 32.6 Å². The number of nitrogens with one attached hydrogen (secondary N) is 2. The third-order valence-electron chi connectivity index (χ3n) is 4.43. The molecule has 6 heteroatoms. The van der Waals surface area contributed by atoms with Gasteiger partial charge in [0.05, 0.1) is 13.1 Å². The van der Waals surface area contributed by atoms with E-state index in [4.69, 9.17) is 16.2 Å². The summed E-state index contributed by atoms with van der Waals surface area (Å²) in [7, 11) is 0. The van der Waals surface area contributed by atoms with E-state index < -0.39 is 0 Å². The molecule has 0 saturated carbocycles. The molecule has 126 valence electrons. The maximum absolute atomic E-state index is 5.57. The summed E-state index contributed by atoms with van der Waals surface area (Å²) in [4.78, 5) is 7.42. The molecule has 2 N–H and O–H groups in total. The minimum absolute atomic E-state index is 0. The zero-order valence-corrected chi connectivity index (χ0v) is 15.9. The first kappa shape index (κ1) is 19.5. The molecule has 0 amide bonds. The molecule has 0 unspecified atom stereocenters. The Morgan fingerprint density at radius 2 is 1.95 bits per heavy atom. The van der Waals surface area contributed by atoms with Crippen molar-refractivity contribution in [2.75, 3.05) is 45.9 Å². The summed E-state index contributed by atoms with van der Waals surface area (Å²) in [6.07, 6.45) is 10.1. The van der Waals surface area contributed by atoms with E-state index in [0.29, 0.717) is 6.54 Å². The van der Waals surface area contributed by atoms with Crippen LogP contribution in [0.25, 0.3) is 0 Å². The first-order valence-corrected chi connectivity index (χ1v) is 8.09. The fraction of sp³-hybridized carbons (Fsp3) is 0.812. The van der Waals surface area contributed by atoms with Gasteiger partial charge in [0.1, 0.15) is 0 Å². The summed E-state index contributed by atoms with van der Waals surface area (Å²) in [5.74, 6) is 3.42. The SMILES string of the molecule is C#CCNC(=NCC1(N2CCCC2)CCOCC1)NCC.I. The molecule has 2 saturated heterocycles. The van der Waals surface area contributed by atoms with E-state index in [1.807, 2.05) is 0 Å². The molecule has 0 spiro atoms. The third kappa shape index (κ3) is 5.28. The maximum Gasteiger partial charge on any atom is 0.192 e. The van der Waals surface area contributed by atoms with Crippen molar-refractivity contribution in [2.45, 2.75) is 38.1 Å². The van der Waals surface area contributed by atoms with Gasteiger partial charge in [-0.3, -0.25) is 9.89 Å². The van der Waals surface area contributed by atoms with Crippen LogP contribution in [0, 0.1) is 12.3 Å². The van der Waals surface area contributed by atoms with Gasteiger partial charge in [0, 0.05) is 25.3 Å². The zero-order valence-electron chi connectivity index (χ0n) is 13.6. The van der Waals surface area contributed by atoms with E-state index in [1.54, 1.807) is 0 Å². The van der Waals surface area contributed by atoms with Crippen molar-refractivity contribution in [3.63, 3.8) is 0 Å². The lowest BCUT2D eigenvalue weighted by Crippen LogP contribution is -2.54. The van der Waals surface area contributed by atoms with E-state index in [0.717, 1.165) is 45.1 Å². The number of ether oxygens (including phenoxy) is 1. The Bertz CT molecular complexity index is 382. The standard InChI is InChI=1S/C16H28N4O.HI/c1-3-9-18-15(17-4-2)19-14-16(7-12-21-13-8-16)20-10-5-6-11-20;/h1H,4-14H2,2H3,(H2,17,18,19);1H. The van der Waals surface area contributed by atoms with Crippen molar-refractivity contribution in [1.29, 1.82) is 0 Å². The molecule has 0 radical (unpaired) electrons. The lowest BCUT2D eigenvalue weighted by atomic mass is 9.88. The minimum atomic E-state index is 0. The highest BCUT2D eigenvalue weighted by Gasteiger charge is 2.39. The van der Waals surface area contributed by atoms with E-state index in [1.165, 1.54) is 25.9 Å². The van der Waals surface area contributed by atoms with E-state index in [9.17, 15) is 0 Å². The second-order valence-electron chi connectivity index (χ2n) is 5.78. The monoisotopic (exact) mass is 420 g/mol. The summed E-state index contributed by atoms with van der Waals surface area (Å²) in [6, 6.07) is 0. The van der Waals surface area contributed by atoms with Crippen LogP contribution in [0.2, 0.25) is 0 Å². The van der Waals surface area contributed by atoms with Gasteiger partial charge in [-0.1, -0.05) is 5.92 Å². The van der Waals surface area contributed by atoms with Crippen molar-refractivity contribution >= 4 is 29.9 Å². The number of halogens is 1. The molecular weight excluding hydrogens is 391 g/mol. The summed E-state index contributed by atoms with van der Waals surface area (Å²) in [5.41, 5.74) is 0.174. The maximum atomic E-state index is 5.57. The highest BCUT2D eigenvalue weighted by atomic mass is 127. The van der Waals surface area contributed by atoms with Crippen molar-refractivity contribution in [1.82, 2.24) is 15.5 Å². The molecule has 0 aromatic rings. The lowest BCUT2D eigenvalue weighted by molar-refractivity contribution is -0.0138. The molecule has 0 aliphatic carbocycles. The number of hydrogen-bond acceptors (Lipinski definition) is 3. The molecule has 2 fully saturated rings. The lowest BCUT2D eigenvalue weighted by Gasteiger charge is -2.43. The predicted octanol–water partition coefficient (Wildman–Crippen LogP) is 1.44. The number of likely N-dealkylation sites (tertiary alicyclic amines) is 1. The number of hydrogen-bond donors (Lipinski definition) is 2. The largest absolute Gasteiger partial charge is 0.381 e. The van der Waals surface area contributed by atoms with Crippen LogP contribution in [-0.4, -0.2) is 62.3 Å². The van der Waals surface area contributed by atoms with Gasteiger partial charge in [-0.15, -0.1) is 30.4 Å². The molecular formula is C16H29IN4O. The second kappa shape index (κ2) is 10.3. The smallest absolute Gasteiger partial charge is 0.192 e. The van der Waals surface area contributed by atoms with Crippen LogP contribution >= 0.6 is 24.0 Å². The first-order valence-electron chi connectivity index (χ1n) is 8.09. The molecule has 2 aliphatic rings. The van der Waals surface area contributed by atoms with Crippen LogP contribution in [-0.2, 0) is 4.74 Å². The molecule has 22 heavy (non-hydrogen) atoms. The van der Waals surface area contributed by atoms with Crippen molar-refractivity contribution in [3.8, 4) is 12.3 Å². The van der Waals surface area contributed by atoms with Gasteiger partial charge in [-0.25, -0.2) is 0 Å². The third-order valence-corrected chi connectivity index (χ3v) is 4.43. The fourth-order valence-electron chi connectivity index (χ4n) is 3.22. The van der Waals surface area contributed by atoms with Crippen LogP contribution < -0.4 is 10.6 Å². The Morgan fingerprint density at radius 1 is 1.27 bits per heavy atom. The Balaban J connectivity index is 0.00000242. The number of nitrogens with zero attached hydrogens (tertiary/aromatic N) is 2. The van der Waals surface area contributed by atoms with Gasteiger partial charge >= 0.3 is 0 Å². The molecule has 5 nitrogen and oxygen atoms in total. The minimum Gasteiger partial charge on any atom is -0.381 e. The molecule has 0 aromatic heterocycles. The molecule has 0 bridgehead atoms. The molecule has 0 atom stereocenters. The highest BCUT2D eigenvalue weighted by molar-refractivity contribution is 14.0. The quantitative estimate of drug-likeness (QED) is 0.306. The van der Waals surface area contributed by atoms with Crippen molar-refractivity contribution < 1.29 is 4.74 Å². The van der Waals surface area contributed by atoms with E-state index >= 15 is 0 Å². The normalized spacial score (nSPS) is 21.7. The zero-order chi connectivity index (χ0) is 15.0. The van der Waals surface area contributed by atoms with Crippen LogP contribution in [0.5, 0.6) is 0 Å². The van der Waals surface area contributed by atoms with Gasteiger partial charge < -0.3 is 15.4 Å². The van der Waals surface area contributed by atoms with E-state index in [-0.39, 0.29) is 29.5 Å². The topological polar surface area (TPSA) is 48.9 Å². The van der Waals surface area contributed by atoms with Gasteiger partial charge in [-0.05, 0) is 45.7 Å². The highest BCUT2D eigenvalue weighted by Crippen LogP contribution is 2.31. The van der Waals surface area contributed by atoms with Crippen molar-refractivity contribution in [3.05, 3.63) is 0 Å². The summed E-state index contributed by atoms with van der Waals surface area (Å²) < 4.78 is 5.57. The van der Waals surface area contributed by atoms with Crippen LogP contribution in [0.3, 0.4) is 0 Å². The van der Waals surface area contributed by atoms with Crippen LogP contribution in [0.4, 0.5) is 0 Å². The summed E-state index contributed by atoms with van der Waals surface area (Å²) in [6.45, 7) is 8.32. The average Bonchev–Trinajstić information content (AvgIpc) is 3.06. The van der Waals surface area contributed by atoms with Gasteiger partial charge in [0.2, 0.25) is 0 Å². The molecule has 0 aromatic carbocycles. The Morgan fingerprint density at radius 3 is 2.55 bits per heavy atom. The summed E-state index contributed by atoms with van der Waals surface area (Å²) >= 11 is 0. The number of guanidine groups is 1. The van der Waals surface area contributed by atoms with Gasteiger partial charge in [0.25, 0.3) is 0 Å². The predicted molar refractivity (Wildman–Crippen MR) is 102 cm³/mol. The first-order chi connectivity index (χ1) is 10.3. The number of terminal acetylenes is 1. The summed E-state index contributed by atoms with van der Waals surface area (Å²) in [5, 5.41) is 6.43. The van der Waals surface area contributed by atoms with Gasteiger partial charge in [0.15, 0.2) is 5.96 Å². The van der Waals surface area contributed by atoms with Crippen LogP contribution in [0.15, 0.2) is 4.99 Å². The molecule has 2 aliphatic heterocycles. The number of aliphatic imine (C=N–C) groups is 1. The Kier molecular flexibility index (Phi) is 9.13. The average molecular weight is 420 g/mol. The molecule has 2 heterocycles. The fourth-order valence-corrected chi connectivity index (χ4v) is 3.22. The second-order valence-corrected chi connectivity index (χ2v) is 5.78. The van der Waals surface area contributed by atoms with Gasteiger partial charge in [-0.2, -0.15) is 0 Å².